The summed E-state index contributed by atoms with van der Waals surface area (Å²) in [6.45, 7) is 5.20. The highest BCUT2D eigenvalue weighted by Crippen LogP contribution is 2.32. The Labute approximate surface area is 188 Å². The van der Waals surface area contributed by atoms with E-state index in [-0.39, 0.29) is 23.0 Å². The number of non-ortho nitro benzene ring substituents is 1. The fourth-order valence-electron chi connectivity index (χ4n) is 2.97. The second kappa shape index (κ2) is 9.34. The third-order valence-corrected chi connectivity index (χ3v) is 4.79. The van der Waals surface area contributed by atoms with E-state index in [0.717, 1.165) is 22.0 Å². The Hall–Kier alpha value is -4.48. The molecule has 1 heterocycles. The number of nitrogens with zero attached hydrogens (tertiary/aromatic N) is 4. The van der Waals surface area contributed by atoms with Crippen LogP contribution in [0.25, 0.3) is 0 Å². The molecule has 0 aliphatic carbocycles. The predicted molar refractivity (Wildman–Crippen MR) is 118 cm³/mol. The number of carbonyl (C=O) groups excluding carboxylic acids is 1. The Kier molecular flexibility index (Phi) is 6.56. The van der Waals surface area contributed by atoms with Gasteiger partial charge in [-0.05, 0) is 38.0 Å². The fourth-order valence-corrected chi connectivity index (χ4v) is 2.97. The van der Waals surface area contributed by atoms with Crippen LogP contribution >= 0.6 is 0 Å². The van der Waals surface area contributed by atoms with Crippen LogP contribution < -0.4 is 14.8 Å². The molecule has 3 aromatic rings. The number of hydrogen-bond acceptors (Lipinski definition) is 8. The molecule has 0 radical (unpaired) electrons. The summed E-state index contributed by atoms with van der Waals surface area (Å²) < 4.78 is 11.8. The van der Waals surface area contributed by atoms with Crippen molar-refractivity contribution in [1.82, 2.24) is 9.78 Å². The van der Waals surface area contributed by atoms with Gasteiger partial charge in [-0.15, -0.1) is 5.10 Å². The molecule has 1 N–H and O–H groups in total. The number of methoxy groups -OCH3 is 1. The Balaban J connectivity index is 1.88. The maximum Gasteiger partial charge on any atom is 0.350 e. The number of aryl methyl sites for hydroxylation is 2. The molecule has 1 unspecified atom stereocenters. The number of nitrogens with one attached hydrogen (secondary N) is 1. The quantitative estimate of drug-likeness (QED) is 0.389. The van der Waals surface area contributed by atoms with E-state index in [4.69, 9.17) is 9.47 Å². The minimum atomic E-state index is -0.977. The minimum absolute atomic E-state index is 0.120. The van der Waals surface area contributed by atoms with Gasteiger partial charge < -0.3 is 14.8 Å². The molecular formula is C21H21N5O7. The van der Waals surface area contributed by atoms with Crippen LogP contribution in [0.2, 0.25) is 0 Å². The van der Waals surface area contributed by atoms with Crippen molar-refractivity contribution in [3.8, 4) is 17.4 Å². The molecular weight excluding hydrogens is 434 g/mol. The van der Waals surface area contributed by atoms with Gasteiger partial charge in [-0.2, -0.15) is 0 Å². The Morgan fingerprint density at radius 2 is 1.85 bits per heavy atom. The van der Waals surface area contributed by atoms with Crippen LogP contribution in [0.3, 0.4) is 0 Å². The zero-order chi connectivity index (χ0) is 24.3. The number of ether oxygens (including phenoxy) is 2. The monoisotopic (exact) mass is 455 g/mol. The van der Waals surface area contributed by atoms with E-state index < -0.39 is 27.5 Å². The number of hydrogen-bond donors (Lipinski definition) is 1. The van der Waals surface area contributed by atoms with Gasteiger partial charge in [0.25, 0.3) is 5.69 Å². The highest BCUT2D eigenvalue weighted by Gasteiger charge is 2.25. The van der Waals surface area contributed by atoms with Crippen molar-refractivity contribution in [1.29, 1.82) is 0 Å². The lowest BCUT2D eigenvalue weighted by Gasteiger charge is -2.14. The van der Waals surface area contributed by atoms with E-state index >= 15 is 0 Å². The van der Waals surface area contributed by atoms with E-state index in [1.54, 1.807) is 6.07 Å². The SMILES string of the molecule is COc1nn(C(C)C(=O)Nc2cc(Oc3cc(C)ccc3C)cc([N+](=O)[O-])c2)cc1[N+](=O)[O-]. The first kappa shape index (κ1) is 23.2. The molecule has 12 heteroatoms. The molecule has 0 saturated carbocycles. The summed E-state index contributed by atoms with van der Waals surface area (Å²) in [5.74, 6) is -0.151. The van der Waals surface area contributed by atoms with Gasteiger partial charge in [0.2, 0.25) is 5.91 Å². The normalized spacial score (nSPS) is 11.5. The van der Waals surface area contributed by atoms with Crippen LogP contribution in [-0.2, 0) is 4.79 Å². The highest BCUT2D eigenvalue weighted by molar-refractivity contribution is 5.94. The Morgan fingerprint density at radius 1 is 1.12 bits per heavy atom. The molecule has 1 aromatic heterocycles. The lowest BCUT2D eigenvalue weighted by molar-refractivity contribution is -0.385. The average Bonchev–Trinajstić information content (AvgIpc) is 3.20. The number of aromatic nitrogens is 2. The maximum absolute atomic E-state index is 12.7. The second-order valence-electron chi connectivity index (χ2n) is 7.27. The summed E-state index contributed by atoms with van der Waals surface area (Å²) in [5.41, 5.74) is 1.23. The number of carbonyl (C=O) groups is 1. The minimum Gasteiger partial charge on any atom is -0.475 e. The van der Waals surface area contributed by atoms with Crippen LogP contribution in [0.15, 0.2) is 42.6 Å². The van der Waals surface area contributed by atoms with Gasteiger partial charge in [0.05, 0.1) is 28.7 Å². The lowest BCUT2D eigenvalue weighted by Crippen LogP contribution is -2.24. The topological polar surface area (TPSA) is 152 Å². The first-order chi connectivity index (χ1) is 15.6. The van der Waals surface area contributed by atoms with Crippen LogP contribution in [0.4, 0.5) is 17.1 Å². The van der Waals surface area contributed by atoms with Crippen LogP contribution in [0, 0.1) is 34.1 Å². The summed E-state index contributed by atoms with van der Waals surface area (Å²) in [6.07, 6.45) is 1.07. The number of amides is 1. The number of anilines is 1. The Morgan fingerprint density at radius 3 is 2.45 bits per heavy atom. The van der Waals surface area contributed by atoms with Gasteiger partial charge >= 0.3 is 11.6 Å². The first-order valence-corrected chi connectivity index (χ1v) is 9.72. The van der Waals surface area contributed by atoms with Crippen LogP contribution in [-0.4, -0.2) is 32.6 Å². The molecule has 0 spiro atoms. The van der Waals surface area contributed by atoms with Gasteiger partial charge in [-0.1, -0.05) is 12.1 Å². The first-order valence-electron chi connectivity index (χ1n) is 9.72. The molecule has 12 nitrogen and oxygen atoms in total. The van der Waals surface area contributed by atoms with Crippen LogP contribution in [0.1, 0.15) is 24.1 Å². The van der Waals surface area contributed by atoms with Crippen molar-refractivity contribution >= 4 is 23.0 Å². The molecule has 2 aromatic carbocycles. The molecule has 1 atom stereocenters. The summed E-state index contributed by atoms with van der Waals surface area (Å²) in [6, 6.07) is 8.49. The summed E-state index contributed by atoms with van der Waals surface area (Å²) >= 11 is 0. The summed E-state index contributed by atoms with van der Waals surface area (Å²) in [5, 5.41) is 29.0. The maximum atomic E-state index is 12.7. The van der Waals surface area contributed by atoms with Crippen molar-refractivity contribution in [3.63, 3.8) is 0 Å². The zero-order valence-corrected chi connectivity index (χ0v) is 18.3. The predicted octanol–water partition coefficient (Wildman–Crippen LogP) is 4.32. The van der Waals surface area contributed by atoms with E-state index in [9.17, 15) is 25.0 Å². The molecule has 0 aliphatic rings. The van der Waals surface area contributed by atoms with Crippen LogP contribution in [0.5, 0.6) is 17.4 Å². The molecule has 0 saturated heterocycles. The molecule has 172 valence electrons. The van der Waals surface area contributed by atoms with Crippen molar-refractivity contribution in [3.05, 3.63) is 74.0 Å². The molecule has 3 rings (SSSR count). The standard InChI is InChI=1S/C21H21N5O7/c1-12-5-6-13(2)19(7-12)33-17-9-15(8-16(10-17)25(28)29)22-20(27)14(3)24-11-18(26(30)31)21(23-24)32-4/h5-11,14H,1-4H3,(H,22,27). The van der Waals surface area contributed by atoms with Crippen molar-refractivity contribution < 1.29 is 24.1 Å². The number of benzene rings is 2. The van der Waals surface area contributed by atoms with Crippen molar-refractivity contribution in [2.75, 3.05) is 12.4 Å². The molecule has 33 heavy (non-hydrogen) atoms. The van der Waals surface area contributed by atoms with E-state index in [2.05, 4.69) is 10.4 Å². The fraction of sp³-hybridized carbons (Fsp3) is 0.238. The molecule has 0 fully saturated rings. The van der Waals surface area contributed by atoms with E-state index in [1.807, 2.05) is 26.0 Å². The number of nitro groups is 2. The van der Waals surface area contributed by atoms with E-state index in [0.29, 0.717) is 5.75 Å². The summed E-state index contributed by atoms with van der Waals surface area (Å²) in [7, 11) is 1.23. The largest absolute Gasteiger partial charge is 0.475 e. The lowest BCUT2D eigenvalue weighted by atomic mass is 10.1. The molecule has 1 amide bonds. The van der Waals surface area contributed by atoms with E-state index in [1.165, 1.54) is 32.2 Å². The summed E-state index contributed by atoms with van der Waals surface area (Å²) in [4.78, 5) is 34.0. The molecule has 0 bridgehead atoms. The number of rotatable bonds is 8. The van der Waals surface area contributed by atoms with Gasteiger partial charge in [0.1, 0.15) is 23.7 Å². The van der Waals surface area contributed by atoms with Gasteiger partial charge in [-0.3, -0.25) is 25.0 Å². The zero-order valence-electron chi connectivity index (χ0n) is 18.3. The highest BCUT2D eigenvalue weighted by atomic mass is 16.6. The molecule has 0 aliphatic heterocycles. The van der Waals surface area contributed by atoms with Crippen molar-refractivity contribution in [2.45, 2.75) is 26.8 Å². The second-order valence-corrected chi connectivity index (χ2v) is 7.27. The van der Waals surface area contributed by atoms with Crippen molar-refractivity contribution in [2.24, 2.45) is 0 Å². The smallest absolute Gasteiger partial charge is 0.350 e. The van der Waals surface area contributed by atoms with Gasteiger partial charge in [0, 0.05) is 12.1 Å². The third-order valence-electron chi connectivity index (χ3n) is 4.79. The van der Waals surface area contributed by atoms with Gasteiger partial charge in [0.15, 0.2) is 0 Å². The number of nitro benzene ring substituents is 1. The Bertz CT molecular complexity index is 1240. The average molecular weight is 455 g/mol. The van der Waals surface area contributed by atoms with Gasteiger partial charge in [-0.25, -0.2) is 4.68 Å². The third kappa shape index (κ3) is 5.23.